The number of hydrogen-bond donors (Lipinski definition) is 1. The van der Waals surface area contributed by atoms with Gasteiger partial charge in [0.15, 0.2) is 0 Å². The summed E-state index contributed by atoms with van der Waals surface area (Å²) in [5.41, 5.74) is 0.261. The molecule has 0 saturated carbocycles. The largest absolute Gasteiger partial charge is 0.441 e. The maximum Gasteiger partial charge on any atom is 0.416 e. The minimum atomic E-state index is -4.40. The van der Waals surface area contributed by atoms with E-state index in [1.54, 1.807) is 25.4 Å². The SMILES string of the molecule is Cc1oc(-c2cccc(C(F)(F)F)c2)nc1CN(C)Cc1ncc[nH]1. The number of H-pyrrole nitrogens is 1. The smallest absolute Gasteiger partial charge is 0.416 e. The normalized spacial score (nSPS) is 12.1. The van der Waals surface area contributed by atoms with Gasteiger partial charge in [-0.2, -0.15) is 13.2 Å². The quantitative estimate of drug-likeness (QED) is 0.755. The highest BCUT2D eigenvalue weighted by Gasteiger charge is 2.30. The Kier molecular flexibility index (Phi) is 4.63. The first-order valence-electron chi connectivity index (χ1n) is 7.63. The zero-order chi connectivity index (χ0) is 18.0. The lowest BCUT2D eigenvalue weighted by Crippen LogP contribution is -2.18. The number of nitrogens with zero attached hydrogens (tertiary/aromatic N) is 3. The van der Waals surface area contributed by atoms with Crippen molar-refractivity contribution in [2.75, 3.05) is 7.05 Å². The number of oxazole rings is 1. The van der Waals surface area contributed by atoms with E-state index in [4.69, 9.17) is 4.42 Å². The summed E-state index contributed by atoms with van der Waals surface area (Å²) >= 11 is 0. The molecule has 0 spiro atoms. The number of hydrogen-bond acceptors (Lipinski definition) is 4. The number of halogens is 3. The summed E-state index contributed by atoms with van der Waals surface area (Å²) in [7, 11) is 1.90. The number of benzene rings is 1. The first kappa shape index (κ1) is 17.2. The van der Waals surface area contributed by atoms with Gasteiger partial charge in [-0.05, 0) is 32.2 Å². The third-order valence-corrected chi connectivity index (χ3v) is 3.72. The molecule has 25 heavy (non-hydrogen) atoms. The number of aromatic nitrogens is 3. The van der Waals surface area contributed by atoms with E-state index in [1.165, 1.54) is 6.07 Å². The summed E-state index contributed by atoms with van der Waals surface area (Å²) < 4.78 is 44.1. The van der Waals surface area contributed by atoms with E-state index in [-0.39, 0.29) is 5.89 Å². The van der Waals surface area contributed by atoms with Crippen LogP contribution in [0.5, 0.6) is 0 Å². The molecule has 2 heterocycles. The van der Waals surface area contributed by atoms with Crippen molar-refractivity contribution in [2.45, 2.75) is 26.2 Å². The molecule has 0 bridgehead atoms. The molecule has 5 nitrogen and oxygen atoms in total. The van der Waals surface area contributed by atoms with Gasteiger partial charge in [-0.15, -0.1) is 0 Å². The Balaban J connectivity index is 1.78. The number of rotatable bonds is 5. The monoisotopic (exact) mass is 350 g/mol. The summed E-state index contributed by atoms with van der Waals surface area (Å²) in [5, 5.41) is 0. The van der Waals surface area contributed by atoms with Gasteiger partial charge >= 0.3 is 6.18 Å². The van der Waals surface area contributed by atoms with Gasteiger partial charge in [-0.3, -0.25) is 4.90 Å². The van der Waals surface area contributed by atoms with Crippen LogP contribution in [0, 0.1) is 6.92 Å². The van der Waals surface area contributed by atoms with Crippen LogP contribution >= 0.6 is 0 Å². The van der Waals surface area contributed by atoms with Crippen molar-refractivity contribution in [1.82, 2.24) is 19.9 Å². The Morgan fingerprint density at radius 3 is 2.72 bits per heavy atom. The third kappa shape index (κ3) is 4.08. The summed E-state index contributed by atoms with van der Waals surface area (Å²) in [4.78, 5) is 13.5. The minimum Gasteiger partial charge on any atom is -0.441 e. The molecule has 0 aliphatic heterocycles. The molecule has 0 unspecified atom stereocenters. The second-order valence-corrected chi connectivity index (χ2v) is 5.81. The minimum absolute atomic E-state index is 0.185. The van der Waals surface area contributed by atoms with Gasteiger partial charge in [-0.1, -0.05) is 6.07 Å². The molecular weight excluding hydrogens is 333 g/mol. The number of nitrogens with one attached hydrogen (secondary N) is 1. The average molecular weight is 350 g/mol. The Bertz CT molecular complexity index is 840. The molecule has 0 radical (unpaired) electrons. The number of alkyl halides is 3. The average Bonchev–Trinajstić information content (AvgIpc) is 3.17. The van der Waals surface area contributed by atoms with Crippen molar-refractivity contribution >= 4 is 0 Å². The van der Waals surface area contributed by atoms with Gasteiger partial charge in [0.1, 0.15) is 11.6 Å². The fraction of sp³-hybridized carbons (Fsp3) is 0.294. The molecule has 0 amide bonds. The molecule has 0 aliphatic rings. The number of aryl methyl sites for hydroxylation is 1. The highest BCUT2D eigenvalue weighted by atomic mass is 19.4. The first-order chi connectivity index (χ1) is 11.8. The van der Waals surface area contributed by atoms with Gasteiger partial charge in [0.05, 0.1) is 17.8 Å². The molecule has 3 rings (SSSR count). The van der Waals surface area contributed by atoms with Gasteiger partial charge in [0.2, 0.25) is 5.89 Å². The lowest BCUT2D eigenvalue weighted by atomic mass is 10.1. The molecule has 3 aromatic rings. The van der Waals surface area contributed by atoms with Gasteiger partial charge in [-0.25, -0.2) is 9.97 Å². The van der Waals surface area contributed by atoms with Crippen LogP contribution in [0.1, 0.15) is 22.8 Å². The van der Waals surface area contributed by atoms with Crippen molar-refractivity contribution in [3.05, 3.63) is 59.5 Å². The second kappa shape index (κ2) is 6.72. The molecule has 1 aromatic carbocycles. The van der Waals surface area contributed by atoms with E-state index in [0.717, 1.165) is 18.0 Å². The summed E-state index contributed by atoms with van der Waals surface area (Å²) in [6, 6.07) is 4.97. The molecule has 1 N–H and O–H groups in total. The van der Waals surface area contributed by atoms with Crippen LogP contribution < -0.4 is 0 Å². The van der Waals surface area contributed by atoms with E-state index in [1.807, 2.05) is 11.9 Å². The molecule has 0 aliphatic carbocycles. The van der Waals surface area contributed by atoms with E-state index < -0.39 is 11.7 Å². The van der Waals surface area contributed by atoms with E-state index in [9.17, 15) is 13.2 Å². The number of imidazole rings is 1. The van der Waals surface area contributed by atoms with Crippen molar-refractivity contribution < 1.29 is 17.6 Å². The second-order valence-electron chi connectivity index (χ2n) is 5.81. The van der Waals surface area contributed by atoms with Crippen LogP contribution in [-0.4, -0.2) is 26.9 Å². The zero-order valence-corrected chi connectivity index (χ0v) is 13.8. The molecule has 132 valence electrons. The standard InChI is InChI=1S/C17H17F3N4O/c1-11-14(9-24(2)10-15-21-6-7-22-15)23-16(25-11)12-4-3-5-13(8-12)17(18,19)20/h3-8H,9-10H2,1-2H3,(H,21,22). The van der Waals surface area contributed by atoms with Crippen LogP contribution in [0.15, 0.2) is 41.1 Å². The zero-order valence-electron chi connectivity index (χ0n) is 13.8. The van der Waals surface area contributed by atoms with Gasteiger partial charge in [0.25, 0.3) is 0 Å². The summed E-state index contributed by atoms with van der Waals surface area (Å²) in [6.45, 7) is 2.84. The maximum atomic E-state index is 12.9. The van der Waals surface area contributed by atoms with Crippen molar-refractivity contribution in [1.29, 1.82) is 0 Å². The Labute approximate surface area is 142 Å². The highest BCUT2D eigenvalue weighted by molar-refractivity contribution is 5.55. The predicted octanol–water partition coefficient (Wildman–Crippen LogP) is 4.02. The first-order valence-corrected chi connectivity index (χ1v) is 7.63. The van der Waals surface area contributed by atoms with Crippen LogP contribution in [0.4, 0.5) is 13.2 Å². The van der Waals surface area contributed by atoms with Gasteiger partial charge < -0.3 is 9.40 Å². The van der Waals surface area contributed by atoms with Crippen molar-refractivity contribution in [3.63, 3.8) is 0 Å². The third-order valence-electron chi connectivity index (χ3n) is 3.72. The van der Waals surface area contributed by atoms with Crippen LogP contribution in [0.3, 0.4) is 0 Å². The predicted molar refractivity (Wildman–Crippen MR) is 85.4 cm³/mol. The van der Waals surface area contributed by atoms with Crippen LogP contribution in [0.25, 0.3) is 11.5 Å². The Morgan fingerprint density at radius 2 is 2.04 bits per heavy atom. The van der Waals surface area contributed by atoms with Crippen LogP contribution in [0.2, 0.25) is 0 Å². The maximum absolute atomic E-state index is 12.9. The van der Waals surface area contributed by atoms with E-state index >= 15 is 0 Å². The summed E-state index contributed by atoms with van der Waals surface area (Å²) in [6.07, 6.45) is -0.976. The van der Waals surface area contributed by atoms with Gasteiger partial charge in [0, 0.05) is 24.5 Å². The molecule has 0 atom stereocenters. The lowest BCUT2D eigenvalue weighted by Gasteiger charge is -2.13. The Hall–Kier alpha value is -2.61. The fourth-order valence-electron chi connectivity index (χ4n) is 2.48. The van der Waals surface area contributed by atoms with E-state index in [2.05, 4.69) is 15.0 Å². The topological polar surface area (TPSA) is 58.0 Å². The molecule has 0 fully saturated rings. The Morgan fingerprint density at radius 1 is 1.24 bits per heavy atom. The number of aromatic amines is 1. The van der Waals surface area contributed by atoms with Crippen molar-refractivity contribution in [2.24, 2.45) is 0 Å². The fourth-order valence-corrected chi connectivity index (χ4v) is 2.48. The molecular formula is C17H17F3N4O. The van der Waals surface area contributed by atoms with Crippen LogP contribution in [-0.2, 0) is 19.3 Å². The lowest BCUT2D eigenvalue weighted by molar-refractivity contribution is -0.137. The highest BCUT2D eigenvalue weighted by Crippen LogP contribution is 2.32. The molecule has 2 aromatic heterocycles. The molecule has 8 heteroatoms. The van der Waals surface area contributed by atoms with Crippen molar-refractivity contribution in [3.8, 4) is 11.5 Å². The van der Waals surface area contributed by atoms with E-state index in [0.29, 0.717) is 30.1 Å². The summed E-state index contributed by atoms with van der Waals surface area (Å²) in [5.74, 6) is 1.59. The molecule has 0 saturated heterocycles.